The Bertz CT molecular complexity index is 669. The van der Waals surface area contributed by atoms with Gasteiger partial charge in [-0.05, 0) is 42.5 Å². The minimum Gasteiger partial charge on any atom is -0.406 e. The molecule has 1 aliphatic rings. The number of halogens is 3. The van der Waals surface area contributed by atoms with Crippen LogP contribution in [0.4, 0.5) is 13.2 Å². The molecule has 22 heavy (non-hydrogen) atoms. The van der Waals surface area contributed by atoms with Crippen molar-refractivity contribution in [2.75, 3.05) is 12.4 Å². The monoisotopic (exact) mass is 326 g/mol. The van der Waals surface area contributed by atoms with Crippen molar-refractivity contribution in [2.45, 2.75) is 6.36 Å². The molecule has 0 saturated carbocycles. The highest BCUT2D eigenvalue weighted by molar-refractivity contribution is 8.03. The van der Waals surface area contributed by atoms with Crippen molar-refractivity contribution in [3.05, 3.63) is 53.2 Å². The second-order valence-corrected chi connectivity index (χ2v) is 5.77. The summed E-state index contributed by atoms with van der Waals surface area (Å²) in [5.74, 6) is 0.676. The molecular formula is C15H13F3N2OS. The minimum atomic E-state index is -4.67. The summed E-state index contributed by atoms with van der Waals surface area (Å²) in [5.41, 5.74) is 1.76. The number of thioether (sulfide) groups is 1. The lowest BCUT2D eigenvalue weighted by Gasteiger charge is -2.11. The average Bonchev–Trinajstić information content (AvgIpc) is 3.10. The highest BCUT2D eigenvalue weighted by Gasteiger charge is 2.30. The molecule has 0 unspecified atom stereocenters. The molecule has 0 atom stereocenters. The van der Waals surface area contributed by atoms with Crippen molar-refractivity contribution in [3.8, 4) is 11.4 Å². The number of ether oxygens (including phenoxy) is 1. The number of rotatable bonds is 3. The Kier molecular flexibility index (Phi) is 4.17. The van der Waals surface area contributed by atoms with Crippen molar-refractivity contribution in [2.24, 2.45) is 0 Å². The molecule has 0 aliphatic carbocycles. The van der Waals surface area contributed by atoms with Gasteiger partial charge in [0.2, 0.25) is 0 Å². The van der Waals surface area contributed by atoms with Crippen molar-refractivity contribution in [1.29, 1.82) is 0 Å². The van der Waals surface area contributed by atoms with E-state index in [1.807, 2.05) is 22.9 Å². The van der Waals surface area contributed by atoms with Gasteiger partial charge < -0.3 is 14.6 Å². The minimum absolute atomic E-state index is 0.223. The highest BCUT2D eigenvalue weighted by atomic mass is 32.2. The number of hydrogen-bond acceptors (Lipinski definition) is 3. The zero-order chi connectivity index (χ0) is 15.6. The van der Waals surface area contributed by atoms with Crippen LogP contribution in [0, 0.1) is 0 Å². The predicted molar refractivity (Wildman–Crippen MR) is 80.9 cm³/mol. The van der Waals surface area contributed by atoms with E-state index in [4.69, 9.17) is 0 Å². The van der Waals surface area contributed by atoms with Crippen LogP contribution in [-0.2, 0) is 0 Å². The maximum Gasteiger partial charge on any atom is 0.573 e. The summed E-state index contributed by atoms with van der Waals surface area (Å²) in [6.07, 6.45) is -0.721. The summed E-state index contributed by atoms with van der Waals surface area (Å²) < 4.78 is 42.3. The summed E-state index contributed by atoms with van der Waals surface area (Å²) in [4.78, 5) is 1.23. The molecule has 3 rings (SSSR count). The van der Waals surface area contributed by atoms with Gasteiger partial charge >= 0.3 is 6.36 Å². The fourth-order valence-electron chi connectivity index (χ4n) is 2.18. The lowest BCUT2D eigenvalue weighted by atomic mass is 10.3. The average molecular weight is 326 g/mol. The molecule has 7 heteroatoms. The molecular weight excluding hydrogens is 313 g/mol. The number of nitrogens with zero attached hydrogens (tertiary/aromatic N) is 1. The highest BCUT2D eigenvalue weighted by Crippen LogP contribution is 2.26. The van der Waals surface area contributed by atoms with Crippen LogP contribution in [0.3, 0.4) is 0 Å². The standard InChI is InChI=1S/C15H13F3N2OS/c16-15(17,18)21-13-5-3-11(4-6-13)20-7-1-2-12(20)8-14-9-19-10-22-14/h1-8,19H,9-10H2/b14-8-. The second kappa shape index (κ2) is 6.10. The zero-order valence-corrected chi connectivity index (χ0v) is 12.2. The van der Waals surface area contributed by atoms with Gasteiger partial charge in [0.25, 0.3) is 0 Å². The Morgan fingerprint density at radius 1 is 1.18 bits per heavy atom. The van der Waals surface area contributed by atoms with Gasteiger partial charge in [-0.15, -0.1) is 24.9 Å². The van der Waals surface area contributed by atoms with Crippen LogP contribution in [0.25, 0.3) is 11.8 Å². The first-order chi connectivity index (χ1) is 10.5. The molecule has 116 valence electrons. The zero-order valence-electron chi connectivity index (χ0n) is 11.4. The Hall–Kier alpha value is -1.86. The quantitative estimate of drug-likeness (QED) is 0.923. The molecule has 0 radical (unpaired) electrons. The molecule has 0 spiro atoms. The Morgan fingerprint density at radius 3 is 2.59 bits per heavy atom. The maximum absolute atomic E-state index is 12.2. The lowest BCUT2D eigenvalue weighted by molar-refractivity contribution is -0.274. The van der Waals surface area contributed by atoms with Crippen LogP contribution in [0.1, 0.15) is 5.69 Å². The van der Waals surface area contributed by atoms with Gasteiger partial charge in [0.1, 0.15) is 5.75 Å². The summed E-state index contributed by atoms with van der Waals surface area (Å²) in [6, 6.07) is 9.69. The number of alkyl halides is 3. The Balaban J connectivity index is 1.83. The molecule has 1 aromatic carbocycles. The fraction of sp³-hybridized carbons (Fsp3) is 0.200. The normalized spacial score (nSPS) is 17.1. The van der Waals surface area contributed by atoms with Gasteiger partial charge in [-0.3, -0.25) is 0 Å². The molecule has 1 saturated heterocycles. The summed E-state index contributed by atoms with van der Waals surface area (Å²) in [5, 5.41) is 3.24. The van der Waals surface area contributed by atoms with E-state index in [1.54, 1.807) is 23.9 Å². The summed E-state index contributed by atoms with van der Waals surface area (Å²) in [7, 11) is 0. The number of hydrogen-bond donors (Lipinski definition) is 1. The van der Waals surface area contributed by atoms with Crippen molar-refractivity contribution in [1.82, 2.24) is 9.88 Å². The predicted octanol–water partition coefficient (Wildman–Crippen LogP) is 4.01. The summed E-state index contributed by atoms with van der Waals surface area (Å²) in [6.45, 7) is 0.841. The van der Waals surface area contributed by atoms with Crippen molar-refractivity contribution >= 4 is 17.8 Å². The van der Waals surface area contributed by atoms with E-state index >= 15 is 0 Å². The van der Waals surface area contributed by atoms with E-state index in [0.717, 1.165) is 23.8 Å². The topological polar surface area (TPSA) is 26.2 Å². The number of aromatic nitrogens is 1. The van der Waals surface area contributed by atoms with Crippen LogP contribution in [0.2, 0.25) is 0 Å². The molecule has 0 bridgehead atoms. The molecule has 1 aliphatic heterocycles. The van der Waals surface area contributed by atoms with Crippen LogP contribution in [0.15, 0.2) is 47.5 Å². The Morgan fingerprint density at radius 2 is 1.95 bits per heavy atom. The van der Waals surface area contributed by atoms with E-state index in [2.05, 4.69) is 16.1 Å². The maximum atomic E-state index is 12.2. The van der Waals surface area contributed by atoms with Gasteiger partial charge in [-0.2, -0.15) is 0 Å². The van der Waals surface area contributed by atoms with Gasteiger partial charge in [0.15, 0.2) is 0 Å². The number of benzene rings is 1. The molecule has 2 aromatic rings. The van der Waals surface area contributed by atoms with Gasteiger partial charge in [0.05, 0.1) is 0 Å². The lowest BCUT2D eigenvalue weighted by Crippen LogP contribution is -2.17. The van der Waals surface area contributed by atoms with E-state index in [-0.39, 0.29) is 5.75 Å². The SMILES string of the molecule is FC(F)(F)Oc1ccc(-n2cccc2/C=C2/CNCS2)cc1. The third-order valence-corrected chi connectivity index (χ3v) is 4.08. The fourth-order valence-corrected chi connectivity index (χ4v) is 2.98. The molecule has 0 amide bonds. The van der Waals surface area contributed by atoms with Crippen LogP contribution in [-0.4, -0.2) is 23.4 Å². The first-order valence-electron chi connectivity index (χ1n) is 6.59. The van der Waals surface area contributed by atoms with Crippen LogP contribution in [0.5, 0.6) is 5.75 Å². The van der Waals surface area contributed by atoms with E-state index in [9.17, 15) is 13.2 Å². The smallest absolute Gasteiger partial charge is 0.406 e. The third kappa shape index (κ3) is 3.66. The number of nitrogens with one attached hydrogen (secondary N) is 1. The van der Waals surface area contributed by atoms with Crippen molar-refractivity contribution in [3.63, 3.8) is 0 Å². The first kappa shape index (κ1) is 15.1. The molecule has 1 fully saturated rings. The van der Waals surface area contributed by atoms with Gasteiger partial charge in [0, 0.05) is 34.9 Å². The van der Waals surface area contributed by atoms with Crippen LogP contribution >= 0.6 is 11.8 Å². The molecule has 3 nitrogen and oxygen atoms in total. The second-order valence-electron chi connectivity index (χ2n) is 4.67. The molecule has 1 N–H and O–H groups in total. The van der Waals surface area contributed by atoms with Gasteiger partial charge in [-0.25, -0.2) is 0 Å². The van der Waals surface area contributed by atoms with E-state index < -0.39 is 6.36 Å². The molecule has 2 heterocycles. The van der Waals surface area contributed by atoms with E-state index in [0.29, 0.717) is 0 Å². The summed E-state index contributed by atoms with van der Waals surface area (Å²) >= 11 is 1.74. The third-order valence-electron chi connectivity index (χ3n) is 3.10. The van der Waals surface area contributed by atoms with Gasteiger partial charge in [-0.1, -0.05) is 0 Å². The van der Waals surface area contributed by atoms with Crippen LogP contribution < -0.4 is 10.1 Å². The Labute approximate surface area is 129 Å². The van der Waals surface area contributed by atoms with E-state index in [1.165, 1.54) is 17.0 Å². The first-order valence-corrected chi connectivity index (χ1v) is 7.57. The molecule has 1 aromatic heterocycles. The largest absolute Gasteiger partial charge is 0.573 e. The van der Waals surface area contributed by atoms with Crippen molar-refractivity contribution < 1.29 is 17.9 Å².